The van der Waals surface area contributed by atoms with Gasteiger partial charge in [0.1, 0.15) is 0 Å². The van der Waals surface area contributed by atoms with Gasteiger partial charge >= 0.3 is 17.9 Å². The number of aromatic hydroxyl groups is 6. The molecule has 3 aromatic rings. The third-order valence-corrected chi connectivity index (χ3v) is 4.69. The van der Waals surface area contributed by atoms with Crippen LogP contribution >= 0.6 is 0 Å². The summed E-state index contributed by atoms with van der Waals surface area (Å²) in [4.78, 5) is 36.7. The zero-order valence-corrected chi connectivity index (χ0v) is 18.1. The summed E-state index contributed by atoms with van der Waals surface area (Å²) in [6.45, 7) is 1.41. The van der Waals surface area contributed by atoms with Crippen LogP contribution in [0.3, 0.4) is 0 Å². The molecule has 0 aliphatic heterocycles. The number of methoxy groups -OCH3 is 1. The predicted molar refractivity (Wildman–Crippen MR) is 115 cm³/mol. The number of hydrogen-bond acceptors (Lipinski definition) is 12. The topological polar surface area (TPSA) is 200 Å². The van der Waals surface area contributed by atoms with E-state index < -0.39 is 69.5 Å². The molecular weight excluding hydrogens is 468 g/mol. The van der Waals surface area contributed by atoms with Crippen LogP contribution in [0.25, 0.3) is 0 Å². The molecule has 0 aliphatic rings. The van der Waals surface area contributed by atoms with Crippen molar-refractivity contribution in [2.24, 2.45) is 0 Å². The molecule has 0 aliphatic carbocycles. The number of hydrogen-bond donors (Lipinski definition) is 6. The van der Waals surface area contributed by atoms with Crippen LogP contribution in [-0.4, -0.2) is 55.7 Å². The van der Waals surface area contributed by atoms with Crippen molar-refractivity contribution < 1.29 is 59.2 Å². The third kappa shape index (κ3) is 4.95. The predicted octanol–water partition coefficient (Wildman–Crippen LogP) is 2.45. The number of phenolic OH excluding ortho intramolecular Hbond substituents is 6. The average Bonchev–Trinajstić information content (AvgIpc) is 2.81. The van der Waals surface area contributed by atoms with Gasteiger partial charge in [-0.25, -0.2) is 14.4 Å². The van der Waals surface area contributed by atoms with Gasteiger partial charge in [-0.3, -0.25) is 0 Å². The van der Waals surface area contributed by atoms with Gasteiger partial charge in [0.15, 0.2) is 34.5 Å². The highest BCUT2D eigenvalue weighted by molar-refractivity contribution is 5.96. The monoisotopic (exact) mass is 486 g/mol. The van der Waals surface area contributed by atoms with Crippen LogP contribution < -0.4 is 9.47 Å². The van der Waals surface area contributed by atoms with Gasteiger partial charge < -0.3 is 44.8 Å². The summed E-state index contributed by atoms with van der Waals surface area (Å²) < 4.78 is 14.5. The first kappa shape index (κ1) is 24.5. The van der Waals surface area contributed by atoms with Crippen molar-refractivity contribution in [3.63, 3.8) is 0 Å². The zero-order chi connectivity index (χ0) is 26.0. The Hall–Kier alpha value is -5.13. The second-order valence-corrected chi connectivity index (χ2v) is 7.12. The molecule has 0 amide bonds. The Morgan fingerprint density at radius 3 is 1.34 bits per heavy atom. The minimum absolute atomic E-state index is 0.151. The Morgan fingerprint density at radius 2 is 0.943 bits per heavy atom. The van der Waals surface area contributed by atoms with Gasteiger partial charge in [0.25, 0.3) is 0 Å². The standard InChI is InChI=1S/C23H18O12/c1-9-3-10(4-13(24)18(9)27)22(31)34-17-8-12(6-15(26)20(17)29)23(32)35-16-7-11(21(30)33-2)5-14(25)19(16)28/h3-8,24-29H,1-2H3. The lowest BCUT2D eigenvalue weighted by Gasteiger charge is -2.12. The molecule has 0 fully saturated rings. The lowest BCUT2D eigenvalue weighted by molar-refractivity contribution is 0.0596. The van der Waals surface area contributed by atoms with Crippen LogP contribution in [0.1, 0.15) is 36.6 Å². The second-order valence-electron chi connectivity index (χ2n) is 7.12. The molecule has 0 atom stereocenters. The largest absolute Gasteiger partial charge is 0.504 e. The van der Waals surface area contributed by atoms with Crippen LogP contribution in [0.15, 0.2) is 36.4 Å². The molecule has 12 nitrogen and oxygen atoms in total. The minimum Gasteiger partial charge on any atom is -0.504 e. The van der Waals surface area contributed by atoms with E-state index in [4.69, 9.17) is 9.47 Å². The van der Waals surface area contributed by atoms with Gasteiger partial charge in [-0.2, -0.15) is 0 Å². The van der Waals surface area contributed by atoms with Gasteiger partial charge in [-0.05, 0) is 48.9 Å². The molecule has 3 rings (SSSR count). The van der Waals surface area contributed by atoms with Crippen molar-refractivity contribution >= 4 is 17.9 Å². The molecule has 0 spiro atoms. The van der Waals surface area contributed by atoms with Crippen molar-refractivity contribution in [1.82, 2.24) is 0 Å². The van der Waals surface area contributed by atoms with Gasteiger partial charge in [0.2, 0.25) is 11.5 Å². The van der Waals surface area contributed by atoms with E-state index in [2.05, 4.69) is 4.74 Å². The first-order chi connectivity index (χ1) is 16.4. The average molecular weight is 486 g/mol. The fourth-order valence-corrected chi connectivity index (χ4v) is 2.89. The first-order valence-electron chi connectivity index (χ1n) is 9.60. The summed E-state index contributed by atoms with van der Waals surface area (Å²) in [6, 6.07) is 5.50. The van der Waals surface area contributed by atoms with Gasteiger partial charge in [-0.1, -0.05) is 0 Å². The molecule has 0 saturated carbocycles. The molecular formula is C23H18O12. The number of carbonyl (C=O) groups excluding carboxylic acids is 3. The maximum absolute atomic E-state index is 12.6. The highest BCUT2D eigenvalue weighted by atomic mass is 16.6. The Morgan fingerprint density at radius 1 is 0.571 bits per heavy atom. The van der Waals surface area contributed by atoms with Crippen molar-refractivity contribution in [2.75, 3.05) is 7.11 Å². The molecule has 0 bridgehead atoms. The maximum atomic E-state index is 12.6. The summed E-state index contributed by atoms with van der Waals surface area (Å²) >= 11 is 0. The Bertz CT molecular complexity index is 1340. The maximum Gasteiger partial charge on any atom is 0.343 e. The Kier molecular flexibility index (Phi) is 6.58. The molecule has 12 heteroatoms. The number of aryl methyl sites for hydroxylation is 1. The van der Waals surface area contributed by atoms with Crippen molar-refractivity contribution in [1.29, 1.82) is 0 Å². The lowest BCUT2D eigenvalue weighted by atomic mass is 10.1. The second kappa shape index (κ2) is 9.39. The summed E-state index contributed by atoms with van der Waals surface area (Å²) in [5.74, 6) is -9.02. The van der Waals surface area contributed by atoms with Crippen LogP contribution in [0.4, 0.5) is 0 Å². The molecule has 0 radical (unpaired) electrons. The summed E-state index contributed by atoms with van der Waals surface area (Å²) in [5.41, 5.74) is -0.778. The van der Waals surface area contributed by atoms with E-state index >= 15 is 0 Å². The molecule has 35 heavy (non-hydrogen) atoms. The Balaban J connectivity index is 1.92. The van der Waals surface area contributed by atoms with Crippen LogP contribution in [0.2, 0.25) is 0 Å². The highest BCUT2D eigenvalue weighted by Crippen LogP contribution is 2.40. The number of benzene rings is 3. The zero-order valence-electron chi connectivity index (χ0n) is 18.1. The Labute approximate surface area is 196 Å². The first-order valence-corrected chi connectivity index (χ1v) is 9.60. The van der Waals surface area contributed by atoms with Crippen molar-refractivity contribution in [3.05, 3.63) is 58.7 Å². The number of carbonyl (C=O) groups is 3. The number of ether oxygens (including phenoxy) is 3. The number of phenols is 6. The summed E-state index contributed by atoms with van der Waals surface area (Å²) in [6.07, 6.45) is 0. The van der Waals surface area contributed by atoms with E-state index in [9.17, 15) is 45.0 Å². The summed E-state index contributed by atoms with van der Waals surface area (Å²) in [7, 11) is 1.07. The van der Waals surface area contributed by atoms with E-state index in [1.54, 1.807) is 0 Å². The van der Waals surface area contributed by atoms with Crippen LogP contribution in [0.5, 0.6) is 46.0 Å². The van der Waals surface area contributed by atoms with Gasteiger partial charge in [0, 0.05) is 0 Å². The molecule has 6 N–H and O–H groups in total. The minimum atomic E-state index is -1.24. The fourth-order valence-electron chi connectivity index (χ4n) is 2.89. The van der Waals surface area contributed by atoms with Crippen LogP contribution in [-0.2, 0) is 4.74 Å². The van der Waals surface area contributed by atoms with Crippen molar-refractivity contribution in [3.8, 4) is 46.0 Å². The fraction of sp³-hybridized carbons (Fsp3) is 0.0870. The number of rotatable bonds is 5. The molecule has 0 saturated heterocycles. The van der Waals surface area contributed by atoms with E-state index in [1.807, 2.05) is 0 Å². The number of esters is 3. The normalized spacial score (nSPS) is 10.5. The highest BCUT2D eigenvalue weighted by Gasteiger charge is 2.23. The smallest absolute Gasteiger partial charge is 0.343 e. The third-order valence-electron chi connectivity index (χ3n) is 4.69. The molecule has 182 valence electrons. The van der Waals surface area contributed by atoms with Gasteiger partial charge in [-0.15, -0.1) is 0 Å². The summed E-state index contributed by atoms with van der Waals surface area (Å²) in [5, 5.41) is 59.1. The van der Waals surface area contributed by atoms with Gasteiger partial charge in [0.05, 0.1) is 23.8 Å². The van der Waals surface area contributed by atoms with E-state index in [-0.39, 0.29) is 16.7 Å². The quantitative estimate of drug-likeness (QED) is 0.175. The van der Waals surface area contributed by atoms with E-state index in [0.717, 1.165) is 37.4 Å². The lowest BCUT2D eigenvalue weighted by Crippen LogP contribution is -2.12. The molecule has 0 heterocycles. The SMILES string of the molecule is COC(=O)c1cc(O)c(O)c(OC(=O)c2cc(O)c(O)c(OC(=O)c3cc(C)c(O)c(O)c3)c2)c1. The van der Waals surface area contributed by atoms with Crippen molar-refractivity contribution in [2.45, 2.75) is 6.92 Å². The van der Waals surface area contributed by atoms with E-state index in [1.165, 1.54) is 13.0 Å². The molecule has 0 unspecified atom stereocenters. The van der Waals surface area contributed by atoms with E-state index in [0.29, 0.717) is 0 Å². The molecule has 0 aromatic heterocycles. The van der Waals surface area contributed by atoms with Crippen LogP contribution in [0, 0.1) is 6.92 Å². The molecule has 3 aromatic carbocycles.